The van der Waals surface area contributed by atoms with Crippen LogP contribution in [0.25, 0.3) is 0 Å². The van der Waals surface area contributed by atoms with Crippen molar-refractivity contribution >= 4 is 5.69 Å². The lowest BCUT2D eigenvalue weighted by Crippen LogP contribution is -2.55. The minimum absolute atomic E-state index is 0.530. The van der Waals surface area contributed by atoms with Crippen molar-refractivity contribution in [2.24, 2.45) is 0 Å². The van der Waals surface area contributed by atoms with Gasteiger partial charge in [-0.05, 0) is 37.9 Å². The van der Waals surface area contributed by atoms with E-state index in [0.29, 0.717) is 12.1 Å². The van der Waals surface area contributed by atoms with Gasteiger partial charge in [-0.25, -0.2) is 0 Å². The van der Waals surface area contributed by atoms with Gasteiger partial charge in [-0.2, -0.15) is 0 Å². The van der Waals surface area contributed by atoms with Gasteiger partial charge in [0.25, 0.3) is 0 Å². The van der Waals surface area contributed by atoms with Gasteiger partial charge >= 0.3 is 0 Å². The Morgan fingerprint density at radius 2 is 2.05 bits per heavy atom. The number of nitrogens with zero attached hydrogens (tertiary/aromatic N) is 2. The molecule has 2 unspecified atom stereocenters. The molecule has 0 aliphatic carbocycles. The van der Waals surface area contributed by atoms with Crippen LogP contribution in [0.4, 0.5) is 5.69 Å². The first-order chi connectivity index (χ1) is 10.1. The van der Waals surface area contributed by atoms with Crippen LogP contribution in [0.1, 0.15) is 39.2 Å². The molecule has 1 aromatic carbocycles. The summed E-state index contributed by atoms with van der Waals surface area (Å²) in [6, 6.07) is 10.8. The molecule has 116 valence electrons. The monoisotopic (exact) mass is 287 g/mol. The fraction of sp³-hybridized carbons (Fsp3) is 0.667. The van der Waals surface area contributed by atoms with Gasteiger partial charge in [0.2, 0.25) is 0 Å². The number of hydrogen-bond acceptors (Lipinski definition) is 3. The average Bonchev–Trinajstić information content (AvgIpc) is 2.91. The highest BCUT2D eigenvalue weighted by Crippen LogP contribution is 2.30. The molecule has 2 fully saturated rings. The predicted molar refractivity (Wildman–Crippen MR) is 89.8 cm³/mol. The molecule has 0 amide bonds. The first kappa shape index (κ1) is 14.9. The van der Waals surface area contributed by atoms with Crippen LogP contribution in [0.2, 0.25) is 0 Å². The molecule has 3 rings (SSSR count). The number of rotatable bonds is 4. The molecular formula is C18H29N3. The number of nitrogens with one attached hydrogen (secondary N) is 1. The van der Waals surface area contributed by atoms with E-state index in [4.69, 9.17) is 0 Å². The third-order valence-corrected chi connectivity index (χ3v) is 4.94. The maximum absolute atomic E-state index is 3.57. The SMILES string of the molecule is CC(C)NCc1ccccc1N1CC2CCCN2CC1C. The zero-order chi connectivity index (χ0) is 14.8. The van der Waals surface area contributed by atoms with Crippen molar-refractivity contribution < 1.29 is 0 Å². The lowest BCUT2D eigenvalue weighted by molar-refractivity contribution is 0.202. The maximum Gasteiger partial charge on any atom is 0.0415 e. The summed E-state index contributed by atoms with van der Waals surface area (Å²) in [6.07, 6.45) is 2.75. The zero-order valence-corrected chi connectivity index (χ0v) is 13.7. The second-order valence-corrected chi connectivity index (χ2v) is 6.96. The van der Waals surface area contributed by atoms with Gasteiger partial charge in [-0.15, -0.1) is 0 Å². The van der Waals surface area contributed by atoms with Crippen molar-refractivity contribution in [1.82, 2.24) is 10.2 Å². The molecule has 2 saturated heterocycles. The summed E-state index contributed by atoms with van der Waals surface area (Å²) in [5, 5.41) is 3.57. The van der Waals surface area contributed by atoms with Crippen LogP contribution in [0.15, 0.2) is 24.3 Å². The van der Waals surface area contributed by atoms with Crippen LogP contribution in [-0.2, 0) is 6.54 Å². The molecule has 1 N–H and O–H groups in total. The Kier molecular flexibility index (Phi) is 4.51. The standard InChI is InChI=1S/C18H29N3/c1-14(2)19-11-16-7-4-5-9-18(16)21-13-17-8-6-10-20(17)12-15(21)3/h4-5,7,9,14-15,17,19H,6,8,10-13H2,1-3H3. The van der Waals surface area contributed by atoms with Crippen molar-refractivity contribution in [2.45, 2.75) is 58.3 Å². The van der Waals surface area contributed by atoms with E-state index in [0.717, 1.165) is 12.6 Å². The molecule has 2 aliphatic heterocycles. The van der Waals surface area contributed by atoms with E-state index >= 15 is 0 Å². The maximum atomic E-state index is 3.57. The normalized spacial score (nSPS) is 26.4. The number of hydrogen-bond donors (Lipinski definition) is 1. The van der Waals surface area contributed by atoms with Crippen molar-refractivity contribution in [1.29, 1.82) is 0 Å². The van der Waals surface area contributed by atoms with Crippen LogP contribution in [0.5, 0.6) is 0 Å². The molecule has 0 radical (unpaired) electrons. The van der Waals surface area contributed by atoms with E-state index in [-0.39, 0.29) is 0 Å². The Morgan fingerprint density at radius 3 is 2.86 bits per heavy atom. The Labute approximate surface area is 129 Å². The quantitative estimate of drug-likeness (QED) is 0.918. The van der Waals surface area contributed by atoms with Crippen LogP contribution in [0.3, 0.4) is 0 Å². The number of benzene rings is 1. The Hall–Kier alpha value is -1.06. The number of anilines is 1. The van der Waals surface area contributed by atoms with Crippen LogP contribution >= 0.6 is 0 Å². The molecule has 3 heteroatoms. The van der Waals surface area contributed by atoms with E-state index in [1.165, 1.54) is 43.7 Å². The van der Waals surface area contributed by atoms with Gasteiger partial charge < -0.3 is 10.2 Å². The van der Waals surface area contributed by atoms with Crippen LogP contribution in [0, 0.1) is 0 Å². The van der Waals surface area contributed by atoms with Crippen molar-refractivity contribution in [2.75, 3.05) is 24.5 Å². The average molecular weight is 287 g/mol. The fourth-order valence-electron chi connectivity index (χ4n) is 3.78. The van der Waals surface area contributed by atoms with Gasteiger partial charge in [-0.3, -0.25) is 4.90 Å². The van der Waals surface area contributed by atoms with Crippen molar-refractivity contribution in [3.05, 3.63) is 29.8 Å². The first-order valence-electron chi connectivity index (χ1n) is 8.47. The molecule has 3 nitrogen and oxygen atoms in total. The summed E-state index contributed by atoms with van der Waals surface area (Å²) in [5.41, 5.74) is 2.87. The van der Waals surface area contributed by atoms with Crippen LogP contribution in [-0.4, -0.2) is 42.7 Å². The second kappa shape index (κ2) is 6.37. The lowest BCUT2D eigenvalue weighted by atomic mass is 10.0. The molecule has 2 atom stereocenters. The van der Waals surface area contributed by atoms with E-state index in [1.807, 2.05) is 0 Å². The summed E-state index contributed by atoms with van der Waals surface area (Å²) in [4.78, 5) is 5.33. The summed E-state index contributed by atoms with van der Waals surface area (Å²) < 4.78 is 0. The number of para-hydroxylation sites is 1. The molecule has 2 heterocycles. The number of fused-ring (bicyclic) bond motifs is 1. The van der Waals surface area contributed by atoms with E-state index in [1.54, 1.807) is 0 Å². The Balaban J connectivity index is 1.79. The summed E-state index contributed by atoms with van der Waals surface area (Å²) in [5.74, 6) is 0. The van der Waals surface area contributed by atoms with Crippen molar-refractivity contribution in [3.63, 3.8) is 0 Å². The molecular weight excluding hydrogens is 258 g/mol. The predicted octanol–water partition coefficient (Wildman–Crippen LogP) is 2.86. The third kappa shape index (κ3) is 3.24. The van der Waals surface area contributed by atoms with E-state index < -0.39 is 0 Å². The van der Waals surface area contributed by atoms with Gasteiger partial charge in [0.15, 0.2) is 0 Å². The molecule has 0 bridgehead atoms. The molecule has 1 aromatic rings. The van der Waals surface area contributed by atoms with E-state index in [2.05, 4.69) is 60.2 Å². The first-order valence-corrected chi connectivity index (χ1v) is 8.47. The van der Waals surface area contributed by atoms with E-state index in [9.17, 15) is 0 Å². The minimum Gasteiger partial charge on any atom is -0.366 e. The van der Waals surface area contributed by atoms with Gasteiger partial charge in [-0.1, -0.05) is 32.0 Å². The molecule has 0 saturated carbocycles. The fourth-order valence-corrected chi connectivity index (χ4v) is 3.78. The van der Waals surface area contributed by atoms with Crippen LogP contribution < -0.4 is 10.2 Å². The summed E-state index contributed by atoms with van der Waals surface area (Å²) in [6.45, 7) is 11.5. The Morgan fingerprint density at radius 1 is 1.24 bits per heavy atom. The lowest BCUT2D eigenvalue weighted by Gasteiger charge is -2.44. The van der Waals surface area contributed by atoms with Crippen molar-refractivity contribution in [3.8, 4) is 0 Å². The second-order valence-electron chi connectivity index (χ2n) is 6.96. The largest absolute Gasteiger partial charge is 0.366 e. The smallest absolute Gasteiger partial charge is 0.0415 e. The van der Waals surface area contributed by atoms with Gasteiger partial charge in [0.05, 0.1) is 0 Å². The minimum atomic E-state index is 0.530. The topological polar surface area (TPSA) is 18.5 Å². The molecule has 0 spiro atoms. The molecule has 0 aromatic heterocycles. The van der Waals surface area contributed by atoms with Gasteiger partial charge in [0.1, 0.15) is 0 Å². The molecule has 21 heavy (non-hydrogen) atoms. The summed E-state index contributed by atoms with van der Waals surface area (Å²) in [7, 11) is 0. The summed E-state index contributed by atoms with van der Waals surface area (Å²) >= 11 is 0. The van der Waals surface area contributed by atoms with Gasteiger partial charge in [0, 0.05) is 43.4 Å². The zero-order valence-electron chi connectivity index (χ0n) is 13.7. The number of piperazine rings is 1. The third-order valence-electron chi connectivity index (χ3n) is 4.94. The highest BCUT2D eigenvalue weighted by atomic mass is 15.3. The molecule has 2 aliphatic rings. The Bertz CT molecular complexity index is 471. The highest BCUT2D eigenvalue weighted by molar-refractivity contribution is 5.55. The highest BCUT2D eigenvalue weighted by Gasteiger charge is 2.34.